The number of aromatic nitrogens is 4. The van der Waals surface area contributed by atoms with Gasteiger partial charge in [0.05, 0.1) is 17.2 Å². The van der Waals surface area contributed by atoms with E-state index < -0.39 is 0 Å². The van der Waals surface area contributed by atoms with Crippen LogP contribution in [0.3, 0.4) is 0 Å². The maximum Gasteiger partial charge on any atom is 0.267 e. The molecule has 1 N–H and O–H groups in total. The first-order valence-corrected chi connectivity index (χ1v) is 9.72. The zero-order valence-electron chi connectivity index (χ0n) is 15.4. The molecule has 7 heteroatoms. The van der Waals surface area contributed by atoms with Gasteiger partial charge < -0.3 is 5.32 Å². The summed E-state index contributed by atoms with van der Waals surface area (Å²) in [6, 6.07) is 17.9. The molecule has 140 valence electrons. The maximum absolute atomic E-state index is 12.9. The van der Waals surface area contributed by atoms with E-state index in [4.69, 9.17) is 0 Å². The van der Waals surface area contributed by atoms with Crippen molar-refractivity contribution < 1.29 is 4.79 Å². The van der Waals surface area contributed by atoms with Gasteiger partial charge >= 0.3 is 0 Å². The van der Waals surface area contributed by atoms with Crippen molar-refractivity contribution in [2.24, 2.45) is 0 Å². The molecule has 0 aliphatic carbocycles. The topological polar surface area (TPSA) is 72.7 Å². The minimum atomic E-state index is -0.139. The number of para-hydroxylation sites is 1. The van der Waals surface area contributed by atoms with Crippen LogP contribution in [0.5, 0.6) is 0 Å². The summed E-state index contributed by atoms with van der Waals surface area (Å²) < 4.78 is 1.72. The van der Waals surface area contributed by atoms with Crippen molar-refractivity contribution >= 4 is 22.9 Å². The van der Waals surface area contributed by atoms with Crippen molar-refractivity contribution in [3.63, 3.8) is 0 Å². The number of anilines is 1. The molecule has 0 aliphatic heterocycles. The monoisotopic (exact) mass is 389 g/mol. The second-order valence-electron chi connectivity index (χ2n) is 6.39. The lowest BCUT2D eigenvalue weighted by Crippen LogP contribution is -2.14. The van der Waals surface area contributed by atoms with Crippen LogP contribution in [0.1, 0.15) is 31.5 Å². The zero-order valence-corrected chi connectivity index (χ0v) is 16.2. The fourth-order valence-corrected chi connectivity index (χ4v) is 3.95. The Morgan fingerprint density at radius 2 is 1.89 bits per heavy atom. The van der Waals surface area contributed by atoms with E-state index in [9.17, 15) is 4.79 Å². The Balaban J connectivity index is 1.51. The number of hydrogen-bond acceptors (Lipinski definition) is 5. The van der Waals surface area contributed by atoms with Crippen molar-refractivity contribution in [2.75, 3.05) is 5.32 Å². The van der Waals surface area contributed by atoms with E-state index in [1.54, 1.807) is 11.0 Å². The van der Waals surface area contributed by atoms with E-state index in [1.807, 2.05) is 49.4 Å². The van der Waals surface area contributed by atoms with Crippen molar-refractivity contribution in [1.82, 2.24) is 19.7 Å². The van der Waals surface area contributed by atoms with E-state index in [0.717, 1.165) is 28.4 Å². The molecule has 0 spiro atoms. The lowest BCUT2D eigenvalue weighted by molar-refractivity contribution is 0.102. The number of carbonyl (C=O) groups excluding carboxylic acids is 1. The van der Waals surface area contributed by atoms with E-state index in [0.29, 0.717) is 11.4 Å². The van der Waals surface area contributed by atoms with Gasteiger partial charge in [-0.1, -0.05) is 48.5 Å². The van der Waals surface area contributed by atoms with Crippen LogP contribution in [0.25, 0.3) is 0 Å². The van der Waals surface area contributed by atoms with Crippen LogP contribution in [0.15, 0.2) is 67.3 Å². The van der Waals surface area contributed by atoms with E-state index in [-0.39, 0.29) is 5.91 Å². The fourth-order valence-electron chi connectivity index (χ4n) is 2.96. The van der Waals surface area contributed by atoms with Gasteiger partial charge in [0.2, 0.25) is 0 Å². The minimum absolute atomic E-state index is 0.139. The first-order chi connectivity index (χ1) is 13.7. The Hall–Kier alpha value is -3.32. The second kappa shape index (κ2) is 8.14. The predicted molar refractivity (Wildman–Crippen MR) is 110 cm³/mol. The van der Waals surface area contributed by atoms with Crippen LogP contribution in [-0.4, -0.2) is 25.7 Å². The summed E-state index contributed by atoms with van der Waals surface area (Å²) in [5, 5.41) is 8.09. The lowest BCUT2D eigenvalue weighted by atomic mass is 10.1. The van der Waals surface area contributed by atoms with E-state index in [2.05, 4.69) is 32.5 Å². The van der Waals surface area contributed by atoms with E-state index >= 15 is 0 Å². The molecule has 1 amide bonds. The summed E-state index contributed by atoms with van der Waals surface area (Å²) in [5.41, 5.74) is 3.66. The third-order valence-corrected chi connectivity index (χ3v) is 5.47. The summed E-state index contributed by atoms with van der Waals surface area (Å²) >= 11 is 1.44. The molecule has 0 atom stereocenters. The summed E-state index contributed by atoms with van der Waals surface area (Å²) in [6.45, 7) is 2.42. The number of carbonyl (C=O) groups is 1. The number of thiazole rings is 1. The largest absolute Gasteiger partial charge is 0.321 e. The highest BCUT2D eigenvalue weighted by atomic mass is 32.1. The molecule has 0 unspecified atom stereocenters. The fraction of sp³-hybridized carbons (Fsp3) is 0.143. The molecule has 6 nitrogen and oxygen atoms in total. The average molecular weight is 389 g/mol. The predicted octanol–water partition coefficient (Wildman–Crippen LogP) is 3.93. The highest BCUT2D eigenvalue weighted by Gasteiger charge is 2.17. The molecule has 4 aromatic rings. The molecular formula is C21H19N5OS. The number of aryl methyl sites for hydroxylation is 1. The van der Waals surface area contributed by atoms with Gasteiger partial charge in [-0.15, -0.1) is 11.3 Å². The second-order valence-corrected chi connectivity index (χ2v) is 7.47. The van der Waals surface area contributed by atoms with Gasteiger partial charge in [0, 0.05) is 12.1 Å². The van der Waals surface area contributed by atoms with Gasteiger partial charge in [-0.25, -0.2) is 14.6 Å². The standard InChI is InChI=1S/C21H19N5OS/c1-15-20(28-19(24-15)11-16-7-3-2-4-8-16)21(27)25-18-10-6-5-9-17(18)12-26-14-22-13-23-26/h2-10,13-14H,11-12H2,1H3,(H,25,27). The van der Waals surface area contributed by atoms with Gasteiger partial charge in [0.15, 0.2) is 0 Å². The Kier molecular flexibility index (Phi) is 5.25. The number of amides is 1. The van der Waals surface area contributed by atoms with Gasteiger partial charge in [-0.3, -0.25) is 4.79 Å². The molecule has 0 bridgehead atoms. The molecule has 2 aromatic heterocycles. The number of benzene rings is 2. The Morgan fingerprint density at radius 3 is 2.68 bits per heavy atom. The van der Waals surface area contributed by atoms with Crippen LogP contribution in [-0.2, 0) is 13.0 Å². The lowest BCUT2D eigenvalue weighted by Gasteiger charge is -2.10. The Morgan fingerprint density at radius 1 is 1.11 bits per heavy atom. The first-order valence-electron chi connectivity index (χ1n) is 8.91. The van der Waals surface area contributed by atoms with Crippen LogP contribution in [0, 0.1) is 6.92 Å². The quantitative estimate of drug-likeness (QED) is 0.542. The summed E-state index contributed by atoms with van der Waals surface area (Å²) in [6.07, 6.45) is 3.88. The van der Waals surface area contributed by atoms with Crippen molar-refractivity contribution in [1.29, 1.82) is 0 Å². The number of nitrogens with zero attached hydrogens (tertiary/aromatic N) is 4. The van der Waals surface area contributed by atoms with Gasteiger partial charge in [0.1, 0.15) is 17.5 Å². The Labute approximate surface area is 166 Å². The number of rotatable bonds is 6. The first kappa shape index (κ1) is 18.1. The van der Waals surface area contributed by atoms with Crippen LogP contribution < -0.4 is 5.32 Å². The molecule has 0 saturated heterocycles. The molecule has 2 heterocycles. The van der Waals surface area contributed by atoms with Gasteiger partial charge in [-0.05, 0) is 24.1 Å². The summed E-state index contributed by atoms with van der Waals surface area (Å²) in [5.74, 6) is -0.139. The summed E-state index contributed by atoms with van der Waals surface area (Å²) in [7, 11) is 0. The highest BCUT2D eigenvalue weighted by Crippen LogP contribution is 2.23. The number of nitrogens with one attached hydrogen (secondary N) is 1. The van der Waals surface area contributed by atoms with Crippen LogP contribution in [0.4, 0.5) is 5.69 Å². The molecule has 0 aliphatic rings. The molecular weight excluding hydrogens is 370 g/mol. The molecule has 0 radical (unpaired) electrons. The summed E-state index contributed by atoms with van der Waals surface area (Å²) in [4.78, 5) is 22.1. The molecule has 28 heavy (non-hydrogen) atoms. The maximum atomic E-state index is 12.9. The van der Waals surface area contributed by atoms with Gasteiger partial charge in [0.25, 0.3) is 5.91 Å². The smallest absolute Gasteiger partial charge is 0.267 e. The van der Waals surface area contributed by atoms with Crippen LogP contribution >= 0.6 is 11.3 Å². The third-order valence-electron chi connectivity index (χ3n) is 4.31. The average Bonchev–Trinajstić information content (AvgIpc) is 3.34. The normalized spacial score (nSPS) is 10.8. The molecule has 0 fully saturated rings. The van der Waals surface area contributed by atoms with Crippen LogP contribution in [0.2, 0.25) is 0 Å². The zero-order chi connectivity index (χ0) is 19.3. The van der Waals surface area contributed by atoms with Gasteiger partial charge in [-0.2, -0.15) is 5.10 Å². The Bertz CT molecular complexity index is 1070. The van der Waals surface area contributed by atoms with E-state index in [1.165, 1.54) is 23.2 Å². The molecule has 2 aromatic carbocycles. The third kappa shape index (κ3) is 4.15. The SMILES string of the molecule is Cc1nc(Cc2ccccc2)sc1C(=O)Nc1ccccc1Cn1cncn1. The van der Waals surface area contributed by atoms with Crippen molar-refractivity contribution in [3.8, 4) is 0 Å². The minimum Gasteiger partial charge on any atom is -0.321 e. The highest BCUT2D eigenvalue weighted by molar-refractivity contribution is 7.14. The molecule has 4 rings (SSSR count). The number of hydrogen-bond donors (Lipinski definition) is 1. The van der Waals surface area contributed by atoms with Crippen molar-refractivity contribution in [2.45, 2.75) is 19.9 Å². The van der Waals surface area contributed by atoms with Crippen molar-refractivity contribution in [3.05, 3.63) is 94.0 Å². The molecule has 0 saturated carbocycles.